The molecule has 0 radical (unpaired) electrons. The predicted molar refractivity (Wildman–Crippen MR) is 130 cm³/mol. The number of carbonyl (C=O) groups is 1. The number of benzene rings is 2. The van der Waals surface area contributed by atoms with E-state index in [-0.39, 0.29) is 23.6 Å². The third kappa shape index (κ3) is 4.41. The van der Waals surface area contributed by atoms with Crippen molar-refractivity contribution in [1.82, 2.24) is 25.1 Å². The fourth-order valence-corrected chi connectivity index (χ4v) is 4.23. The zero-order chi connectivity index (χ0) is 24.7. The number of hydrogen-bond acceptors (Lipinski definition) is 7. The average molecular weight is 512 g/mol. The van der Waals surface area contributed by atoms with Gasteiger partial charge >= 0.3 is 0 Å². The van der Waals surface area contributed by atoms with E-state index in [0.717, 1.165) is 0 Å². The largest absolute Gasteiger partial charge is 0.366 e. The average Bonchev–Trinajstić information content (AvgIpc) is 3.43. The Bertz CT molecular complexity index is 1600. The number of aromatic nitrogens is 5. The number of aromatic amines is 1. The first-order valence-corrected chi connectivity index (χ1v) is 11.0. The Morgan fingerprint density at radius 2 is 2.06 bits per heavy atom. The van der Waals surface area contributed by atoms with Gasteiger partial charge in [0.1, 0.15) is 11.3 Å². The maximum atomic E-state index is 15.0. The summed E-state index contributed by atoms with van der Waals surface area (Å²) in [5.41, 5.74) is 8.27. The lowest BCUT2D eigenvalue weighted by Crippen LogP contribution is -2.11. The summed E-state index contributed by atoms with van der Waals surface area (Å²) in [5, 5.41) is 7.56. The van der Waals surface area contributed by atoms with Crippen molar-refractivity contribution in [3.63, 3.8) is 0 Å². The van der Waals surface area contributed by atoms with Crippen LogP contribution in [0.25, 0.3) is 33.5 Å². The Hall–Kier alpha value is -4.02. The summed E-state index contributed by atoms with van der Waals surface area (Å²) in [6, 6.07) is 9.54. The van der Waals surface area contributed by atoms with E-state index in [1.807, 2.05) is 0 Å². The van der Waals surface area contributed by atoms with Crippen LogP contribution in [0.2, 0.25) is 10.0 Å². The number of para-hydroxylation sites is 1. The smallest absolute Gasteiger partial charge is 0.250 e. The van der Waals surface area contributed by atoms with Gasteiger partial charge in [0.05, 0.1) is 28.3 Å². The van der Waals surface area contributed by atoms with Gasteiger partial charge in [0, 0.05) is 29.3 Å². The maximum absolute atomic E-state index is 15.0. The third-order valence-electron chi connectivity index (χ3n) is 5.24. The van der Waals surface area contributed by atoms with Crippen LogP contribution < -0.4 is 11.1 Å². The van der Waals surface area contributed by atoms with Gasteiger partial charge in [0.2, 0.25) is 17.7 Å². The van der Waals surface area contributed by atoms with Crippen LogP contribution in [0.1, 0.15) is 21.9 Å². The molecule has 0 spiro atoms. The zero-order valence-corrected chi connectivity index (χ0v) is 19.6. The van der Waals surface area contributed by atoms with Crippen molar-refractivity contribution < 1.29 is 13.7 Å². The molecule has 0 saturated carbocycles. The summed E-state index contributed by atoms with van der Waals surface area (Å²) in [4.78, 5) is 27.5. The molecule has 0 aliphatic rings. The van der Waals surface area contributed by atoms with Gasteiger partial charge in [-0.2, -0.15) is 4.98 Å². The van der Waals surface area contributed by atoms with E-state index in [4.69, 9.17) is 33.5 Å². The molecule has 3 aromatic heterocycles. The number of rotatable bonds is 6. The predicted octanol–water partition coefficient (Wildman–Crippen LogP) is 5.14. The molecule has 2 aromatic carbocycles. The summed E-state index contributed by atoms with van der Waals surface area (Å²) < 4.78 is 20.1. The number of nitrogens with one attached hydrogen (secondary N) is 2. The van der Waals surface area contributed by atoms with Crippen LogP contribution >= 0.6 is 23.2 Å². The normalized spacial score (nSPS) is 11.2. The molecule has 12 heteroatoms. The fourth-order valence-electron chi connectivity index (χ4n) is 3.66. The lowest BCUT2D eigenvalue weighted by atomic mass is 10.00. The first kappa shape index (κ1) is 22.8. The van der Waals surface area contributed by atoms with Crippen LogP contribution in [0.3, 0.4) is 0 Å². The molecule has 4 N–H and O–H groups in total. The molecular weight excluding hydrogens is 496 g/mol. The standard InChI is InChI=1S/C23H16Cl2FN7O2/c1-10-30-22(33-35-10)19-14(6-12(24)7-15(19)25)11-5-16(26)18(28-8-11)9-29-23-31-17-4-2-3-13(21(27)34)20(17)32-23/h2-8H,9H2,1H3,(H2,27,34)(H2,29,31,32). The number of H-pyrrole nitrogens is 1. The van der Waals surface area contributed by atoms with Crippen LogP contribution in [-0.2, 0) is 6.54 Å². The Kier molecular flexibility index (Phi) is 5.83. The number of primary amides is 1. The van der Waals surface area contributed by atoms with Gasteiger partial charge < -0.3 is 20.6 Å². The number of nitrogens with two attached hydrogens (primary N) is 1. The number of carbonyl (C=O) groups excluding carboxylic acids is 1. The first-order chi connectivity index (χ1) is 16.8. The molecular formula is C23H16Cl2FN7O2. The van der Waals surface area contributed by atoms with E-state index < -0.39 is 11.7 Å². The zero-order valence-electron chi connectivity index (χ0n) is 18.1. The highest BCUT2D eigenvalue weighted by Crippen LogP contribution is 2.39. The Morgan fingerprint density at radius 3 is 2.77 bits per heavy atom. The number of amides is 1. The van der Waals surface area contributed by atoms with Crippen molar-refractivity contribution in [1.29, 1.82) is 0 Å². The summed E-state index contributed by atoms with van der Waals surface area (Å²) >= 11 is 12.6. The molecule has 35 heavy (non-hydrogen) atoms. The maximum Gasteiger partial charge on any atom is 0.250 e. The van der Waals surface area contributed by atoms with Gasteiger partial charge in [-0.05, 0) is 35.9 Å². The molecule has 3 heterocycles. The van der Waals surface area contributed by atoms with Crippen molar-refractivity contribution in [2.75, 3.05) is 5.32 Å². The lowest BCUT2D eigenvalue weighted by molar-refractivity contribution is 0.100. The highest BCUT2D eigenvalue weighted by Gasteiger charge is 2.19. The molecule has 9 nitrogen and oxygen atoms in total. The second kappa shape index (κ2) is 8.97. The van der Waals surface area contributed by atoms with Crippen LogP contribution in [0.4, 0.5) is 10.3 Å². The summed E-state index contributed by atoms with van der Waals surface area (Å²) in [5.74, 6) is -0.194. The summed E-state index contributed by atoms with van der Waals surface area (Å²) in [6.45, 7) is 1.69. The molecule has 0 bridgehead atoms. The van der Waals surface area contributed by atoms with Crippen molar-refractivity contribution in [2.24, 2.45) is 5.73 Å². The highest BCUT2D eigenvalue weighted by atomic mass is 35.5. The number of imidazole rings is 1. The minimum Gasteiger partial charge on any atom is -0.366 e. The lowest BCUT2D eigenvalue weighted by Gasteiger charge is -2.11. The Morgan fingerprint density at radius 1 is 1.23 bits per heavy atom. The van der Waals surface area contributed by atoms with E-state index in [9.17, 15) is 4.79 Å². The number of nitrogens with zero attached hydrogens (tertiary/aromatic N) is 4. The fraction of sp³-hybridized carbons (Fsp3) is 0.0870. The minimum absolute atomic E-state index is 0.0328. The van der Waals surface area contributed by atoms with Crippen LogP contribution in [0.5, 0.6) is 0 Å². The molecule has 1 amide bonds. The number of aryl methyl sites for hydroxylation is 1. The van der Waals surface area contributed by atoms with Crippen LogP contribution in [0, 0.1) is 12.7 Å². The van der Waals surface area contributed by atoms with Gasteiger partial charge in [-0.1, -0.05) is 34.4 Å². The van der Waals surface area contributed by atoms with Gasteiger partial charge in [-0.25, -0.2) is 9.37 Å². The Balaban J connectivity index is 1.44. The van der Waals surface area contributed by atoms with Crippen molar-refractivity contribution in [3.8, 4) is 22.5 Å². The Labute approximate surface area is 207 Å². The molecule has 176 valence electrons. The first-order valence-electron chi connectivity index (χ1n) is 10.3. The SMILES string of the molecule is Cc1nc(-c2c(Cl)cc(Cl)cc2-c2cnc(CNc3nc4c(C(N)=O)cccc4[nH]3)c(F)c2)no1. The number of hydrogen-bond donors (Lipinski definition) is 3. The van der Waals surface area contributed by atoms with Crippen LogP contribution in [-0.4, -0.2) is 31.0 Å². The quantitative estimate of drug-likeness (QED) is 0.287. The number of pyridine rings is 1. The summed E-state index contributed by atoms with van der Waals surface area (Å²) in [6.07, 6.45) is 1.50. The molecule has 0 unspecified atom stereocenters. The van der Waals surface area contributed by atoms with Crippen molar-refractivity contribution >= 4 is 46.1 Å². The van der Waals surface area contributed by atoms with Gasteiger partial charge in [-0.3, -0.25) is 9.78 Å². The molecule has 5 aromatic rings. The highest BCUT2D eigenvalue weighted by molar-refractivity contribution is 6.37. The van der Waals surface area contributed by atoms with Gasteiger partial charge in [-0.15, -0.1) is 0 Å². The monoisotopic (exact) mass is 511 g/mol. The third-order valence-corrected chi connectivity index (χ3v) is 5.75. The van der Waals surface area contributed by atoms with E-state index in [2.05, 4.69) is 30.4 Å². The minimum atomic E-state index is -0.589. The van der Waals surface area contributed by atoms with Gasteiger partial charge in [0.15, 0.2) is 0 Å². The molecule has 0 fully saturated rings. The van der Waals surface area contributed by atoms with Crippen LogP contribution in [0.15, 0.2) is 47.1 Å². The van der Waals surface area contributed by atoms with E-state index in [0.29, 0.717) is 49.6 Å². The molecule has 0 aliphatic carbocycles. The number of anilines is 1. The molecule has 5 rings (SSSR count). The van der Waals surface area contributed by atoms with Gasteiger partial charge in [0.25, 0.3) is 5.91 Å². The molecule has 0 atom stereocenters. The summed E-state index contributed by atoms with van der Waals surface area (Å²) in [7, 11) is 0. The van der Waals surface area contributed by atoms with E-state index in [1.165, 1.54) is 12.3 Å². The molecule has 0 saturated heterocycles. The van der Waals surface area contributed by atoms with Crippen molar-refractivity contribution in [2.45, 2.75) is 13.5 Å². The second-order valence-electron chi connectivity index (χ2n) is 7.60. The topological polar surface area (TPSA) is 136 Å². The number of halogens is 3. The number of fused-ring (bicyclic) bond motifs is 1. The molecule has 0 aliphatic heterocycles. The van der Waals surface area contributed by atoms with E-state index >= 15 is 4.39 Å². The van der Waals surface area contributed by atoms with E-state index in [1.54, 1.807) is 37.3 Å². The second-order valence-corrected chi connectivity index (χ2v) is 8.45. The van der Waals surface area contributed by atoms with Crippen molar-refractivity contribution in [3.05, 3.63) is 75.6 Å².